The van der Waals surface area contributed by atoms with Crippen LogP contribution in [0.1, 0.15) is 24.2 Å². The van der Waals surface area contributed by atoms with Crippen molar-refractivity contribution in [1.82, 2.24) is 24.5 Å². The zero-order valence-corrected chi connectivity index (χ0v) is 18.2. The molecule has 0 radical (unpaired) electrons. The predicted molar refractivity (Wildman–Crippen MR) is 117 cm³/mol. The van der Waals surface area contributed by atoms with E-state index in [4.69, 9.17) is 9.84 Å². The fourth-order valence-corrected chi connectivity index (χ4v) is 5.35. The van der Waals surface area contributed by atoms with E-state index in [1.165, 1.54) is 0 Å². The predicted octanol–water partition coefficient (Wildman–Crippen LogP) is 3.02. The summed E-state index contributed by atoms with van der Waals surface area (Å²) >= 11 is 0. The average molecular weight is 438 g/mol. The Balaban J connectivity index is 1.61. The minimum Gasteiger partial charge on any atom is -0.377 e. The Hall–Kier alpha value is -2.88. The van der Waals surface area contributed by atoms with E-state index in [1.54, 1.807) is 17.5 Å². The lowest BCUT2D eigenvalue weighted by Gasteiger charge is -2.14. The molecule has 0 spiro atoms. The van der Waals surface area contributed by atoms with Crippen LogP contribution in [0.3, 0.4) is 0 Å². The molecule has 2 aromatic heterocycles. The maximum atomic E-state index is 13.1. The smallest absolute Gasteiger partial charge is 0.240 e. The molecule has 3 heterocycles. The maximum Gasteiger partial charge on any atom is 0.240 e. The number of hydrogen-bond donors (Lipinski definition) is 1. The number of nitrogens with one attached hydrogen (secondary N) is 1. The van der Waals surface area contributed by atoms with Crippen LogP contribution in [0.4, 0.5) is 0 Å². The van der Waals surface area contributed by atoms with E-state index >= 15 is 0 Å². The summed E-state index contributed by atoms with van der Waals surface area (Å²) in [5.74, 6) is 0.667. The van der Waals surface area contributed by atoms with Crippen molar-refractivity contribution in [3.8, 4) is 11.3 Å². The largest absolute Gasteiger partial charge is 0.377 e. The van der Waals surface area contributed by atoms with Crippen molar-refractivity contribution in [3.05, 3.63) is 53.9 Å². The molecule has 1 N–H and O–H groups in total. The number of ether oxygens (including phenoxy) is 1. The minimum absolute atomic E-state index is 0.0667. The highest BCUT2D eigenvalue weighted by atomic mass is 32.2. The maximum absolute atomic E-state index is 13.1. The normalized spacial score (nSPS) is 17.0. The highest BCUT2D eigenvalue weighted by Gasteiger charge is 2.23. The van der Waals surface area contributed by atoms with Gasteiger partial charge in [0.2, 0.25) is 10.0 Å². The molecule has 31 heavy (non-hydrogen) atoms. The van der Waals surface area contributed by atoms with Gasteiger partial charge in [0.05, 0.1) is 16.7 Å². The molecule has 2 aromatic carbocycles. The van der Waals surface area contributed by atoms with Gasteiger partial charge in [-0.1, -0.05) is 36.4 Å². The number of rotatable bonds is 5. The van der Waals surface area contributed by atoms with Gasteiger partial charge in [0.1, 0.15) is 0 Å². The first-order valence-corrected chi connectivity index (χ1v) is 11.8. The highest BCUT2D eigenvalue weighted by molar-refractivity contribution is 7.89. The van der Waals surface area contributed by atoms with Crippen LogP contribution in [0.25, 0.3) is 27.7 Å². The second-order valence-corrected chi connectivity index (χ2v) is 9.58. The number of aromatic nitrogens is 4. The Bertz CT molecular complexity index is 1390. The fourth-order valence-electron chi connectivity index (χ4n) is 4.02. The van der Waals surface area contributed by atoms with Gasteiger partial charge in [-0.2, -0.15) is 9.61 Å². The zero-order valence-electron chi connectivity index (χ0n) is 17.4. The van der Waals surface area contributed by atoms with Gasteiger partial charge in [-0.25, -0.2) is 13.1 Å². The molecular weight excluding hydrogens is 414 g/mol. The molecule has 1 aliphatic heterocycles. The quantitative estimate of drug-likeness (QED) is 0.515. The van der Waals surface area contributed by atoms with Gasteiger partial charge in [0.25, 0.3) is 0 Å². The third-order valence-corrected chi connectivity index (χ3v) is 7.26. The number of benzene rings is 2. The van der Waals surface area contributed by atoms with E-state index in [0.29, 0.717) is 34.9 Å². The summed E-state index contributed by atoms with van der Waals surface area (Å²) in [4.78, 5) is 0.245. The van der Waals surface area contributed by atoms with Crippen molar-refractivity contribution in [2.45, 2.75) is 37.7 Å². The zero-order chi connectivity index (χ0) is 21.6. The molecule has 0 unspecified atom stereocenters. The molecule has 0 saturated carbocycles. The molecule has 1 aliphatic rings. The molecule has 8 nitrogen and oxygen atoms in total. The van der Waals surface area contributed by atoms with Crippen LogP contribution < -0.4 is 4.72 Å². The van der Waals surface area contributed by atoms with Crippen molar-refractivity contribution in [2.24, 2.45) is 0 Å². The molecule has 1 fully saturated rings. The first-order chi connectivity index (χ1) is 14.9. The first-order valence-electron chi connectivity index (χ1n) is 10.3. The number of sulfonamides is 1. The topological polar surface area (TPSA) is 98.5 Å². The van der Waals surface area contributed by atoms with Crippen LogP contribution in [0.2, 0.25) is 0 Å². The van der Waals surface area contributed by atoms with Crippen LogP contribution >= 0.6 is 0 Å². The monoisotopic (exact) mass is 437 g/mol. The number of hydrogen-bond acceptors (Lipinski definition) is 6. The van der Waals surface area contributed by atoms with Gasteiger partial charge >= 0.3 is 0 Å². The lowest BCUT2D eigenvalue weighted by atomic mass is 10.0. The summed E-state index contributed by atoms with van der Waals surface area (Å²) in [6.07, 6.45) is 1.77. The van der Waals surface area contributed by atoms with E-state index in [0.717, 1.165) is 23.6 Å². The summed E-state index contributed by atoms with van der Waals surface area (Å²) < 4.78 is 36.1. The van der Waals surface area contributed by atoms with Gasteiger partial charge in [0.15, 0.2) is 11.5 Å². The standard InChI is InChI=1S/C22H23N5O3S/c1-14-9-10-16(12-20(14)31(28,29)23-13-17-6-5-11-30-17)21-18-7-3-4-8-19(18)22-25-24-15(2)27(22)26-21/h3-4,7-10,12,17,23H,5-6,11,13H2,1-2H3/t17-/m0/s1. The molecule has 1 atom stereocenters. The molecule has 0 aliphatic carbocycles. The van der Waals surface area contributed by atoms with Crippen LogP contribution in [-0.4, -0.2) is 47.5 Å². The molecule has 160 valence electrons. The second-order valence-electron chi connectivity index (χ2n) is 7.84. The van der Waals surface area contributed by atoms with Gasteiger partial charge in [-0.15, -0.1) is 10.2 Å². The third-order valence-electron chi connectivity index (χ3n) is 5.70. The molecular formula is C22H23N5O3S. The highest BCUT2D eigenvalue weighted by Crippen LogP contribution is 2.31. The Kier molecular flexibility index (Phi) is 4.96. The number of nitrogens with zero attached hydrogens (tertiary/aromatic N) is 4. The number of aryl methyl sites for hydroxylation is 2. The lowest BCUT2D eigenvalue weighted by molar-refractivity contribution is 0.114. The van der Waals surface area contributed by atoms with E-state index in [9.17, 15) is 8.42 Å². The van der Waals surface area contributed by atoms with Gasteiger partial charge < -0.3 is 4.74 Å². The van der Waals surface area contributed by atoms with Gasteiger partial charge in [-0.3, -0.25) is 0 Å². The van der Waals surface area contributed by atoms with Crippen LogP contribution in [-0.2, 0) is 14.8 Å². The van der Waals surface area contributed by atoms with E-state index < -0.39 is 10.0 Å². The summed E-state index contributed by atoms with van der Waals surface area (Å²) in [6, 6.07) is 13.2. The minimum atomic E-state index is -3.69. The van der Waals surface area contributed by atoms with Crippen molar-refractivity contribution < 1.29 is 13.2 Å². The van der Waals surface area contributed by atoms with Crippen molar-refractivity contribution in [1.29, 1.82) is 0 Å². The molecule has 9 heteroatoms. The summed E-state index contributed by atoms with van der Waals surface area (Å²) in [5, 5.41) is 14.9. The summed E-state index contributed by atoms with van der Waals surface area (Å²) in [6.45, 7) is 4.60. The van der Waals surface area contributed by atoms with Crippen molar-refractivity contribution in [3.63, 3.8) is 0 Å². The van der Waals surface area contributed by atoms with Crippen LogP contribution in [0.15, 0.2) is 47.4 Å². The SMILES string of the molecule is Cc1ccc(-c2nn3c(C)nnc3c3ccccc23)cc1S(=O)(=O)NC[C@@H]1CCCO1. The summed E-state index contributed by atoms with van der Waals surface area (Å²) in [5.41, 5.74) is 2.75. The Morgan fingerprint density at radius 1 is 1.13 bits per heavy atom. The molecule has 4 aromatic rings. The van der Waals surface area contributed by atoms with Crippen molar-refractivity contribution in [2.75, 3.05) is 13.2 Å². The van der Waals surface area contributed by atoms with E-state index in [2.05, 4.69) is 14.9 Å². The van der Waals surface area contributed by atoms with Crippen LogP contribution in [0, 0.1) is 13.8 Å². The average Bonchev–Trinajstić information content (AvgIpc) is 3.42. The van der Waals surface area contributed by atoms with Crippen LogP contribution in [0.5, 0.6) is 0 Å². The van der Waals surface area contributed by atoms with E-state index in [1.807, 2.05) is 43.3 Å². The summed E-state index contributed by atoms with van der Waals surface area (Å²) in [7, 11) is -3.69. The third kappa shape index (κ3) is 3.58. The van der Waals surface area contributed by atoms with Gasteiger partial charge in [0, 0.05) is 29.5 Å². The molecule has 5 rings (SSSR count). The second kappa shape index (κ2) is 7.67. The molecule has 0 amide bonds. The van der Waals surface area contributed by atoms with Crippen molar-refractivity contribution >= 4 is 26.4 Å². The fraction of sp³-hybridized carbons (Fsp3) is 0.318. The molecule has 1 saturated heterocycles. The first kappa shape index (κ1) is 20.0. The van der Waals surface area contributed by atoms with E-state index in [-0.39, 0.29) is 17.5 Å². The molecule has 0 bridgehead atoms. The van der Waals surface area contributed by atoms with Gasteiger partial charge in [-0.05, 0) is 38.3 Å². The number of fused-ring (bicyclic) bond motifs is 3. The lowest BCUT2D eigenvalue weighted by Crippen LogP contribution is -2.32. The Morgan fingerprint density at radius 2 is 1.94 bits per heavy atom. The Labute approximate surface area is 180 Å². The Morgan fingerprint density at radius 3 is 2.71 bits per heavy atom.